The summed E-state index contributed by atoms with van der Waals surface area (Å²) in [4.78, 5) is 0. The molecular weight excluding hydrogens is 767 g/mol. The SMILES string of the molecule is CCCCC(C)C1=Cc2c(-c3ccc(C(C)(C)C)cc3)cccc2[CH]1[Zr]([CH3])([CH3])(=[SiH2])[CH]1C(C)=Cc2c(-c3ccc(C(C)(C)C)cc3)ccc(C)c21.Cl.Cl. The minimum atomic E-state index is -3.77. The molecule has 0 radical (unpaired) electrons. The van der Waals surface area contributed by atoms with Crippen LogP contribution in [0.2, 0.25) is 9.26 Å². The molecule has 2 aliphatic rings. The van der Waals surface area contributed by atoms with Gasteiger partial charge in [0.2, 0.25) is 0 Å². The number of benzene rings is 4. The van der Waals surface area contributed by atoms with Crippen molar-refractivity contribution in [1.82, 2.24) is 0 Å². The summed E-state index contributed by atoms with van der Waals surface area (Å²) in [6, 6.07) is 30.9. The van der Waals surface area contributed by atoms with E-state index in [1.54, 1.807) is 22.3 Å². The van der Waals surface area contributed by atoms with Crippen LogP contribution >= 0.6 is 24.8 Å². The molecule has 0 amide bonds. The molecule has 2 aliphatic carbocycles. The topological polar surface area (TPSA) is 0 Å². The normalized spacial score (nSPS) is 17.7. The number of halogens is 2. The van der Waals surface area contributed by atoms with Gasteiger partial charge in [-0.1, -0.05) is 0 Å². The maximum Gasteiger partial charge on any atom is -0.147 e. The van der Waals surface area contributed by atoms with Gasteiger partial charge >= 0.3 is 309 Å². The molecule has 0 heterocycles. The molecule has 0 saturated heterocycles. The van der Waals surface area contributed by atoms with Crippen molar-refractivity contribution in [3.8, 4) is 22.3 Å². The van der Waals surface area contributed by atoms with Crippen molar-refractivity contribution in [2.24, 2.45) is 5.92 Å². The molecule has 0 bridgehead atoms. The number of aryl methyl sites for hydroxylation is 1. The third-order valence-electron chi connectivity index (χ3n) is 12.3. The first-order valence-electron chi connectivity index (χ1n) is 19.3. The van der Waals surface area contributed by atoms with Crippen LogP contribution in [0.25, 0.3) is 34.4 Å². The summed E-state index contributed by atoms with van der Waals surface area (Å²) in [5.74, 6) is 0.569. The van der Waals surface area contributed by atoms with Crippen molar-refractivity contribution in [2.45, 2.75) is 116 Å². The van der Waals surface area contributed by atoms with E-state index >= 15 is 0 Å². The Bertz CT molecular complexity index is 2060. The summed E-state index contributed by atoms with van der Waals surface area (Å²) >= 11 is -3.77. The molecule has 6 rings (SSSR count). The van der Waals surface area contributed by atoms with E-state index in [1.165, 1.54) is 69.3 Å². The summed E-state index contributed by atoms with van der Waals surface area (Å²) in [5.41, 5.74) is 19.5. The van der Waals surface area contributed by atoms with Crippen molar-refractivity contribution in [3.05, 3.63) is 129 Å². The Morgan fingerprint density at radius 2 is 1.19 bits per heavy atom. The Hall–Kier alpha value is -1.96. The summed E-state index contributed by atoms with van der Waals surface area (Å²) in [7, 11) is 0. The molecule has 3 unspecified atom stereocenters. The average Bonchev–Trinajstić information content (AvgIpc) is 3.63. The Kier molecular flexibility index (Phi) is 12.6. The molecule has 52 heavy (non-hydrogen) atoms. The molecule has 0 saturated carbocycles. The van der Waals surface area contributed by atoms with Gasteiger partial charge in [0.25, 0.3) is 0 Å². The Labute approximate surface area is 331 Å². The van der Waals surface area contributed by atoms with Crippen LogP contribution in [0.5, 0.6) is 0 Å². The van der Waals surface area contributed by atoms with Gasteiger partial charge in [0.1, 0.15) is 0 Å². The largest absolute Gasteiger partial charge is 0.147 e. The van der Waals surface area contributed by atoms with E-state index in [1.807, 2.05) is 0 Å². The van der Waals surface area contributed by atoms with Gasteiger partial charge in [-0.2, -0.15) is 0 Å². The Balaban J connectivity index is 0.00000302. The third-order valence-corrected chi connectivity index (χ3v) is 29.9. The predicted molar refractivity (Wildman–Crippen MR) is 236 cm³/mol. The molecule has 0 aliphatic heterocycles. The van der Waals surface area contributed by atoms with Gasteiger partial charge in [-0.05, 0) is 0 Å². The fourth-order valence-electron chi connectivity index (χ4n) is 9.60. The van der Waals surface area contributed by atoms with Crippen molar-refractivity contribution >= 4 is 43.8 Å². The van der Waals surface area contributed by atoms with Crippen LogP contribution in [-0.4, -0.2) is 6.88 Å². The molecule has 4 heteroatoms. The van der Waals surface area contributed by atoms with Crippen LogP contribution in [0.3, 0.4) is 0 Å². The van der Waals surface area contributed by atoms with E-state index in [0.29, 0.717) is 13.2 Å². The van der Waals surface area contributed by atoms with Crippen molar-refractivity contribution in [2.75, 3.05) is 0 Å². The van der Waals surface area contributed by atoms with Crippen LogP contribution < -0.4 is 0 Å². The van der Waals surface area contributed by atoms with Crippen LogP contribution in [0.15, 0.2) is 90.0 Å². The smallest absolute Gasteiger partial charge is 0.147 e. The molecule has 278 valence electrons. The van der Waals surface area contributed by atoms with Gasteiger partial charge in [0.15, 0.2) is 0 Å². The van der Waals surface area contributed by atoms with Gasteiger partial charge in [0, 0.05) is 0 Å². The summed E-state index contributed by atoms with van der Waals surface area (Å²) < 4.78 is 6.64. The monoisotopic (exact) mass is 828 g/mol. The first-order chi connectivity index (χ1) is 23.3. The van der Waals surface area contributed by atoms with E-state index < -0.39 is 17.4 Å². The summed E-state index contributed by atoms with van der Waals surface area (Å²) in [5, 5.41) is 0. The van der Waals surface area contributed by atoms with E-state index in [2.05, 4.69) is 176 Å². The second kappa shape index (κ2) is 15.3. The maximum absolute atomic E-state index is 3.77. The number of rotatable bonds is 8. The molecule has 0 fully saturated rings. The molecule has 3 atom stereocenters. The first-order valence-corrected chi connectivity index (χ1v) is 32.9. The Morgan fingerprint density at radius 3 is 1.69 bits per heavy atom. The zero-order valence-electron chi connectivity index (χ0n) is 34.0. The molecule has 0 nitrogen and oxygen atoms in total. The number of allylic oxidation sites excluding steroid dienone is 2. The second-order valence-electron chi connectivity index (χ2n) is 19.1. The van der Waals surface area contributed by atoms with Crippen molar-refractivity contribution < 1.29 is 17.4 Å². The van der Waals surface area contributed by atoms with E-state index in [9.17, 15) is 0 Å². The number of unbranched alkanes of at least 4 members (excludes halogenated alkanes) is 1. The minimum absolute atomic E-state index is 0. The van der Waals surface area contributed by atoms with Crippen LogP contribution in [0.1, 0.15) is 128 Å². The first kappa shape index (κ1) is 42.8. The fraction of sp³-hybridized carbons (Fsp3) is 0.417. The van der Waals surface area contributed by atoms with Gasteiger partial charge in [-0.15, -0.1) is 24.8 Å². The van der Waals surface area contributed by atoms with Crippen molar-refractivity contribution in [3.63, 3.8) is 0 Å². The molecule has 0 spiro atoms. The number of fused-ring (bicyclic) bond motifs is 2. The van der Waals surface area contributed by atoms with Crippen LogP contribution in [0, 0.1) is 12.8 Å². The van der Waals surface area contributed by atoms with Gasteiger partial charge < -0.3 is 0 Å². The third kappa shape index (κ3) is 7.76. The summed E-state index contributed by atoms with van der Waals surface area (Å²) in [6.45, 7) is 26.0. The number of hydrogen-bond donors (Lipinski definition) is 0. The molecule has 4 aromatic carbocycles. The Morgan fingerprint density at radius 1 is 0.673 bits per heavy atom. The quantitative estimate of drug-likeness (QED) is 0.155. The number of hydrogen-bond acceptors (Lipinski definition) is 0. The zero-order valence-corrected chi connectivity index (χ0v) is 39.5. The molecular formula is C48H64Cl2SiZr. The van der Waals surface area contributed by atoms with Crippen LogP contribution in [-0.2, 0) is 28.2 Å². The second-order valence-corrected chi connectivity index (χ2v) is 49.6. The van der Waals surface area contributed by atoms with Gasteiger partial charge in [-0.25, -0.2) is 0 Å². The van der Waals surface area contributed by atoms with E-state index in [-0.39, 0.29) is 35.6 Å². The molecule has 4 aromatic rings. The standard InChI is InChI=1S/C25H31.C21H23.2CH3.2ClH.H2Si.Zr/c1-6-7-9-18(2)21-16-20-10-8-11-23(24(20)17-21)19-12-14-22(15-13-19)25(3,4)5;1-14-12-19-15(2)6-11-18(20(19)13-14)16-7-9-17(10-8-16)21(3,4)5;;;;;;/h8,10-18H,6-7,9H2,1-5H3;6-13H,1-5H3;2*1H3;2*1H;1H2;. The molecule has 0 aromatic heterocycles. The van der Waals surface area contributed by atoms with Crippen LogP contribution in [0.4, 0.5) is 0 Å². The zero-order chi connectivity index (χ0) is 36.4. The molecule has 0 N–H and O–H groups in total. The van der Waals surface area contributed by atoms with Crippen molar-refractivity contribution in [1.29, 1.82) is 0 Å². The van der Waals surface area contributed by atoms with E-state index in [4.69, 9.17) is 0 Å². The average molecular weight is 831 g/mol. The minimum Gasteiger partial charge on any atom is -0.147 e. The van der Waals surface area contributed by atoms with Gasteiger partial charge in [0.05, 0.1) is 0 Å². The fourth-order valence-corrected chi connectivity index (χ4v) is 30.1. The summed E-state index contributed by atoms with van der Waals surface area (Å²) in [6.07, 6.45) is 9.06. The van der Waals surface area contributed by atoms with E-state index in [0.717, 1.165) is 0 Å². The predicted octanol–water partition coefficient (Wildman–Crippen LogP) is 14.5. The maximum atomic E-state index is 2.81. The van der Waals surface area contributed by atoms with Gasteiger partial charge in [-0.3, -0.25) is 0 Å².